The number of ether oxygens (including phenoxy) is 1. The second-order valence-corrected chi connectivity index (χ2v) is 4.02. The zero-order valence-corrected chi connectivity index (χ0v) is 9.09. The average molecular weight is 210 g/mol. The van der Waals surface area contributed by atoms with Crippen LogP contribution in [0.15, 0.2) is 12.4 Å². The summed E-state index contributed by atoms with van der Waals surface area (Å²) >= 11 is 0. The molecule has 1 aliphatic heterocycles. The molecule has 0 spiro atoms. The van der Waals surface area contributed by atoms with Gasteiger partial charge in [0, 0.05) is 25.4 Å². The summed E-state index contributed by atoms with van der Waals surface area (Å²) in [5, 5.41) is 11.2. The number of rotatable bonds is 4. The third kappa shape index (κ3) is 3.28. The number of hydrogen-bond donors (Lipinski definition) is 1. The highest BCUT2D eigenvalue weighted by Crippen LogP contribution is 2.12. The van der Waals surface area contributed by atoms with Crippen molar-refractivity contribution in [3.63, 3.8) is 0 Å². The van der Waals surface area contributed by atoms with Crippen LogP contribution in [0.2, 0.25) is 0 Å². The summed E-state index contributed by atoms with van der Waals surface area (Å²) in [6.45, 7) is 4.83. The molecule has 2 rings (SSSR count). The Balaban J connectivity index is 1.65. The molecule has 1 aromatic rings. The van der Waals surface area contributed by atoms with Gasteiger partial charge in [-0.2, -0.15) is 0 Å². The van der Waals surface area contributed by atoms with Crippen LogP contribution in [0.1, 0.15) is 19.8 Å². The Morgan fingerprint density at radius 3 is 3.27 bits per heavy atom. The molecule has 0 amide bonds. The standard InChI is InChI=1S/C10H18N4O/c1-9-8-10(2-7-15-9)11-3-5-14-6-4-12-13-14/h4,6,9-11H,2-3,5,7-8H2,1H3. The maximum atomic E-state index is 5.49. The SMILES string of the molecule is CC1CC(NCCn2ccnn2)CCO1. The first-order valence-corrected chi connectivity index (χ1v) is 5.53. The minimum Gasteiger partial charge on any atom is -0.378 e. The Morgan fingerprint density at radius 1 is 1.60 bits per heavy atom. The van der Waals surface area contributed by atoms with E-state index in [9.17, 15) is 0 Å². The quantitative estimate of drug-likeness (QED) is 0.783. The summed E-state index contributed by atoms with van der Waals surface area (Å²) in [6, 6.07) is 0.595. The Labute approximate surface area is 89.8 Å². The number of nitrogens with zero attached hydrogens (tertiary/aromatic N) is 3. The molecule has 84 valence electrons. The predicted molar refractivity (Wildman–Crippen MR) is 56.5 cm³/mol. The highest BCUT2D eigenvalue weighted by Gasteiger charge is 2.18. The van der Waals surface area contributed by atoms with Gasteiger partial charge in [-0.15, -0.1) is 5.10 Å². The maximum Gasteiger partial charge on any atom is 0.0692 e. The summed E-state index contributed by atoms with van der Waals surface area (Å²) in [5.74, 6) is 0. The van der Waals surface area contributed by atoms with E-state index in [1.165, 1.54) is 0 Å². The van der Waals surface area contributed by atoms with Gasteiger partial charge in [-0.25, -0.2) is 0 Å². The molecule has 0 radical (unpaired) electrons. The van der Waals surface area contributed by atoms with Gasteiger partial charge in [0.05, 0.1) is 18.8 Å². The van der Waals surface area contributed by atoms with Gasteiger partial charge in [-0.05, 0) is 19.8 Å². The molecule has 2 heterocycles. The van der Waals surface area contributed by atoms with Crippen LogP contribution in [0.25, 0.3) is 0 Å². The van der Waals surface area contributed by atoms with Crippen molar-refractivity contribution in [1.82, 2.24) is 20.3 Å². The first kappa shape index (κ1) is 10.6. The molecule has 0 aromatic carbocycles. The Morgan fingerprint density at radius 2 is 2.53 bits per heavy atom. The third-order valence-electron chi connectivity index (χ3n) is 2.73. The van der Waals surface area contributed by atoms with E-state index in [1.807, 2.05) is 10.9 Å². The number of nitrogens with one attached hydrogen (secondary N) is 1. The first-order chi connectivity index (χ1) is 7.34. The topological polar surface area (TPSA) is 52.0 Å². The lowest BCUT2D eigenvalue weighted by atomic mass is 10.0. The maximum absolute atomic E-state index is 5.49. The van der Waals surface area contributed by atoms with Gasteiger partial charge < -0.3 is 10.1 Å². The van der Waals surface area contributed by atoms with Crippen LogP contribution >= 0.6 is 0 Å². The summed E-state index contributed by atoms with van der Waals surface area (Å²) in [5.41, 5.74) is 0. The average Bonchev–Trinajstić information content (AvgIpc) is 2.71. The predicted octanol–water partition coefficient (Wildman–Crippen LogP) is 0.435. The van der Waals surface area contributed by atoms with Gasteiger partial charge in [0.15, 0.2) is 0 Å². The van der Waals surface area contributed by atoms with Gasteiger partial charge in [0.1, 0.15) is 0 Å². The largest absolute Gasteiger partial charge is 0.378 e. The summed E-state index contributed by atoms with van der Waals surface area (Å²) in [4.78, 5) is 0. The van der Waals surface area contributed by atoms with Gasteiger partial charge in [0.25, 0.3) is 0 Å². The molecule has 0 aliphatic carbocycles. The van der Waals surface area contributed by atoms with E-state index in [2.05, 4.69) is 22.6 Å². The summed E-state index contributed by atoms with van der Waals surface area (Å²) in [7, 11) is 0. The molecule has 15 heavy (non-hydrogen) atoms. The van der Waals surface area contributed by atoms with Gasteiger partial charge in [0.2, 0.25) is 0 Å². The van der Waals surface area contributed by atoms with Crippen LogP contribution in [0.3, 0.4) is 0 Å². The van der Waals surface area contributed by atoms with Crippen LogP contribution in [0, 0.1) is 0 Å². The molecule has 2 unspecified atom stereocenters. The smallest absolute Gasteiger partial charge is 0.0692 e. The Kier molecular flexibility index (Phi) is 3.69. The monoisotopic (exact) mass is 210 g/mol. The Bertz CT molecular complexity index is 275. The van der Waals surface area contributed by atoms with Crippen molar-refractivity contribution in [3.8, 4) is 0 Å². The second kappa shape index (κ2) is 5.23. The molecule has 2 atom stereocenters. The van der Waals surface area contributed by atoms with E-state index < -0.39 is 0 Å². The fourth-order valence-corrected chi connectivity index (χ4v) is 1.92. The van der Waals surface area contributed by atoms with E-state index in [4.69, 9.17) is 4.74 Å². The fourth-order valence-electron chi connectivity index (χ4n) is 1.92. The third-order valence-corrected chi connectivity index (χ3v) is 2.73. The molecule has 1 N–H and O–H groups in total. The second-order valence-electron chi connectivity index (χ2n) is 4.02. The molecule has 1 saturated heterocycles. The molecule has 5 nitrogen and oxygen atoms in total. The van der Waals surface area contributed by atoms with E-state index in [0.29, 0.717) is 12.1 Å². The van der Waals surface area contributed by atoms with Crippen molar-refractivity contribution >= 4 is 0 Å². The van der Waals surface area contributed by atoms with Gasteiger partial charge >= 0.3 is 0 Å². The molecular formula is C10H18N4O. The minimum atomic E-state index is 0.391. The van der Waals surface area contributed by atoms with E-state index in [0.717, 1.165) is 32.5 Å². The van der Waals surface area contributed by atoms with Gasteiger partial charge in [-0.1, -0.05) is 5.21 Å². The van der Waals surface area contributed by atoms with Crippen molar-refractivity contribution < 1.29 is 4.74 Å². The molecule has 1 fully saturated rings. The highest BCUT2D eigenvalue weighted by molar-refractivity contribution is 4.74. The van der Waals surface area contributed by atoms with Crippen LogP contribution in [-0.2, 0) is 11.3 Å². The lowest BCUT2D eigenvalue weighted by Gasteiger charge is -2.28. The van der Waals surface area contributed by atoms with E-state index in [1.54, 1.807) is 6.20 Å². The molecule has 1 aliphatic rings. The number of aromatic nitrogens is 3. The zero-order chi connectivity index (χ0) is 10.5. The van der Waals surface area contributed by atoms with Crippen LogP contribution < -0.4 is 5.32 Å². The van der Waals surface area contributed by atoms with Crippen molar-refractivity contribution in [3.05, 3.63) is 12.4 Å². The molecule has 1 aromatic heterocycles. The normalized spacial score (nSPS) is 26.7. The zero-order valence-electron chi connectivity index (χ0n) is 9.09. The molecule has 0 saturated carbocycles. The van der Waals surface area contributed by atoms with E-state index in [-0.39, 0.29) is 0 Å². The molecule has 5 heteroatoms. The van der Waals surface area contributed by atoms with Crippen molar-refractivity contribution in [2.75, 3.05) is 13.2 Å². The van der Waals surface area contributed by atoms with Crippen molar-refractivity contribution in [2.24, 2.45) is 0 Å². The van der Waals surface area contributed by atoms with Crippen molar-refractivity contribution in [1.29, 1.82) is 0 Å². The first-order valence-electron chi connectivity index (χ1n) is 5.53. The van der Waals surface area contributed by atoms with Crippen LogP contribution in [-0.4, -0.2) is 40.3 Å². The fraction of sp³-hybridized carbons (Fsp3) is 0.800. The lowest BCUT2D eigenvalue weighted by molar-refractivity contribution is 0.0132. The van der Waals surface area contributed by atoms with Crippen LogP contribution in [0.4, 0.5) is 0 Å². The highest BCUT2D eigenvalue weighted by atomic mass is 16.5. The minimum absolute atomic E-state index is 0.391. The van der Waals surface area contributed by atoms with Gasteiger partial charge in [-0.3, -0.25) is 4.68 Å². The van der Waals surface area contributed by atoms with E-state index >= 15 is 0 Å². The van der Waals surface area contributed by atoms with Crippen molar-refractivity contribution in [2.45, 2.75) is 38.5 Å². The van der Waals surface area contributed by atoms with Crippen LogP contribution in [0.5, 0.6) is 0 Å². The lowest BCUT2D eigenvalue weighted by Crippen LogP contribution is -2.39. The Hall–Kier alpha value is -0.940. The summed E-state index contributed by atoms with van der Waals surface area (Å²) < 4.78 is 7.34. The number of hydrogen-bond acceptors (Lipinski definition) is 4. The molecular weight excluding hydrogens is 192 g/mol. The molecule has 0 bridgehead atoms. The summed E-state index contributed by atoms with van der Waals surface area (Å²) in [6.07, 6.45) is 6.20.